The summed E-state index contributed by atoms with van der Waals surface area (Å²) < 4.78 is 36.3. The van der Waals surface area contributed by atoms with Crippen molar-refractivity contribution in [3.8, 4) is 5.75 Å². The molecule has 8 nitrogen and oxygen atoms in total. The molecule has 3 N–H and O–H groups in total. The Bertz CT molecular complexity index is 851. The maximum Gasteiger partial charge on any atom is 0.338 e. The van der Waals surface area contributed by atoms with Crippen molar-refractivity contribution in [2.75, 3.05) is 19.8 Å². The van der Waals surface area contributed by atoms with E-state index in [-0.39, 0.29) is 23.7 Å². The van der Waals surface area contributed by atoms with E-state index in [1.54, 1.807) is 12.1 Å². The van der Waals surface area contributed by atoms with Crippen LogP contribution in [0, 0.1) is 0 Å². The first kappa shape index (κ1) is 19.4. The quantitative estimate of drug-likeness (QED) is 0.488. The van der Waals surface area contributed by atoms with Gasteiger partial charge in [-0.3, -0.25) is 4.79 Å². The number of nitrogens with one attached hydrogen (secondary N) is 1. The molecular weight excluding hydrogens is 360 g/mol. The van der Waals surface area contributed by atoms with Gasteiger partial charge in [-0.2, -0.15) is 0 Å². The molecule has 0 aliphatic heterocycles. The number of benzene rings is 2. The minimum absolute atomic E-state index is 0.0495. The summed E-state index contributed by atoms with van der Waals surface area (Å²) in [6.45, 7) is -0.263. The third-order valence-electron chi connectivity index (χ3n) is 3.17. The van der Waals surface area contributed by atoms with E-state index in [0.717, 1.165) is 0 Å². The molecule has 1 amide bonds. The first-order valence-electron chi connectivity index (χ1n) is 7.61. The van der Waals surface area contributed by atoms with Gasteiger partial charge in [0.05, 0.1) is 17.0 Å². The van der Waals surface area contributed by atoms with Crippen molar-refractivity contribution in [1.29, 1.82) is 0 Å². The van der Waals surface area contributed by atoms with E-state index in [4.69, 9.17) is 15.2 Å². The molecule has 0 aliphatic carbocycles. The SMILES string of the molecule is NC(=O)CNS(=O)(=O)c1ccc(C(=O)OCCOc2ccccc2)cc1. The Hall–Kier alpha value is -2.91. The van der Waals surface area contributed by atoms with Crippen LogP contribution in [-0.4, -0.2) is 40.1 Å². The number of esters is 1. The first-order valence-corrected chi connectivity index (χ1v) is 9.10. The van der Waals surface area contributed by atoms with Crippen LogP contribution in [0.3, 0.4) is 0 Å². The van der Waals surface area contributed by atoms with Crippen molar-refractivity contribution < 1.29 is 27.5 Å². The zero-order valence-corrected chi connectivity index (χ0v) is 14.6. The van der Waals surface area contributed by atoms with E-state index < -0.39 is 28.4 Å². The van der Waals surface area contributed by atoms with Gasteiger partial charge in [0.1, 0.15) is 19.0 Å². The molecule has 2 aromatic rings. The molecule has 9 heteroatoms. The molecule has 26 heavy (non-hydrogen) atoms. The lowest BCUT2D eigenvalue weighted by Gasteiger charge is -2.08. The molecule has 0 spiro atoms. The number of hydrogen-bond donors (Lipinski definition) is 2. The first-order chi connectivity index (χ1) is 12.4. The molecule has 0 atom stereocenters. The van der Waals surface area contributed by atoms with Crippen LogP contribution in [0.1, 0.15) is 10.4 Å². The van der Waals surface area contributed by atoms with Crippen molar-refractivity contribution in [3.05, 3.63) is 60.2 Å². The molecule has 0 heterocycles. The van der Waals surface area contributed by atoms with Crippen LogP contribution in [0.4, 0.5) is 0 Å². The molecular formula is C17H18N2O6S. The summed E-state index contributed by atoms with van der Waals surface area (Å²) in [5, 5.41) is 0. The van der Waals surface area contributed by atoms with Gasteiger partial charge in [0.25, 0.3) is 0 Å². The van der Waals surface area contributed by atoms with Gasteiger partial charge in [0.2, 0.25) is 15.9 Å². The number of rotatable bonds is 9. The summed E-state index contributed by atoms with van der Waals surface area (Å²) in [4.78, 5) is 22.5. The predicted octanol–water partition coefficient (Wildman–Crippen LogP) is 0.686. The fourth-order valence-corrected chi connectivity index (χ4v) is 2.91. The van der Waals surface area contributed by atoms with Crippen LogP contribution >= 0.6 is 0 Å². The van der Waals surface area contributed by atoms with Crippen LogP contribution in [-0.2, 0) is 19.6 Å². The fraction of sp³-hybridized carbons (Fsp3) is 0.176. The maximum atomic E-state index is 11.9. The molecule has 138 valence electrons. The van der Waals surface area contributed by atoms with Gasteiger partial charge in [0.15, 0.2) is 0 Å². The van der Waals surface area contributed by atoms with E-state index in [0.29, 0.717) is 5.75 Å². The predicted molar refractivity (Wildman–Crippen MR) is 93.0 cm³/mol. The Morgan fingerprint density at radius 2 is 1.62 bits per heavy atom. The number of nitrogens with two attached hydrogens (primary N) is 1. The lowest BCUT2D eigenvalue weighted by atomic mass is 10.2. The zero-order valence-electron chi connectivity index (χ0n) is 13.8. The molecule has 0 unspecified atom stereocenters. The zero-order chi connectivity index (χ0) is 19.0. The number of carbonyl (C=O) groups is 2. The van der Waals surface area contributed by atoms with E-state index >= 15 is 0 Å². The second-order valence-electron chi connectivity index (χ2n) is 5.11. The van der Waals surface area contributed by atoms with E-state index in [9.17, 15) is 18.0 Å². The monoisotopic (exact) mass is 378 g/mol. The van der Waals surface area contributed by atoms with E-state index in [1.807, 2.05) is 22.9 Å². The molecule has 2 rings (SSSR count). The molecule has 0 fully saturated rings. The van der Waals surface area contributed by atoms with Gasteiger partial charge in [-0.25, -0.2) is 17.9 Å². The Morgan fingerprint density at radius 3 is 2.23 bits per heavy atom. The Labute approximate surface area is 151 Å². The number of ether oxygens (including phenoxy) is 2. The van der Waals surface area contributed by atoms with Crippen molar-refractivity contribution in [3.63, 3.8) is 0 Å². The summed E-state index contributed by atoms with van der Waals surface area (Å²) in [5.74, 6) is -0.733. The lowest BCUT2D eigenvalue weighted by molar-refractivity contribution is -0.116. The maximum absolute atomic E-state index is 11.9. The number of para-hydroxylation sites is 1. The average Bonchev–Trinajstić information content (AvgIpc) is 2.64. The second-order valence-corrected chi connectivity index (χ2v) is 6.88. The summed E-state index contributed by atoms with van der Waals surface area (Å²) in [5.41, 5.74) is 5.09. The fourth-order valence-electron chi connectivity index (χ4n) is 1.91. The van der Waals surface area contributed by atoms with Gasteiger partial charge in [-0.15, -0.1) is 0 Å². The topological polar surface area (TPSA) is 125 Å². The average molecular weight is 378 g/mol. The summed E-state index contributed by atoms with van der Waals surface area (Å²) in [6, 6.07) is 14.2. The third kappa shape index (κ3) is 5.87. The smallest absolute Gasteiger partial charge is 0.338 e. The molecule has 0 radical (unpaired) electrons. The van der Waals surface area contributed by atoms with E-state index in [2.05, 4.69) is 0 Å². The highest BCUT2D eigenvalue weighted by Gasteiger charge is 2.16. The van der Waals surface area contributed by atoms with Crippen LogP contribution < -0.4 is 15.2 Å². The second kappa shape index (κ2) is 8.97. The normalized spacial score (nSPS) is 10.9. The van der Waals surface area contributed by atoms with E-state index in [1.165, 1.54) is 24.3 Å². The van der Waals surface area contributed by atoms with Crippen LogP contribution in [0.15, 0.2) is 59.5 Å². The van der Waals surface area contributed by atoms with Crippen molar-refractivity contribution in [1.82, 2.24) is 4.72 Å². The highest BCUT2D eigenvalue weighted by Crippen LogP contribution is 2.12. The third-order valence-corrected chi connectivity index (χ3v) is 4.58. The molecule has 0 saturated heterocycles. The van der Waals surface area contributed by atoms with Gasteiger partial charge < -0.3 is 15.2 Å². The van der Waals surface area contributed by atoms with Gasteiger partial charge in [0, 0.05) is 0 Å². The van der Waals surface area contributed by atoms with Gasteiger partial charge in [-0.1, -0.05) is 18.2 Å². The number of hydrogen-bond acceptors (Lipinski definition) is 6. The highest BCUT2D eigenvalue weighted by atomic mass is 32.2. The van der Waals surface area contributed by atoms with Crippen LogP contribution in [0.5, 0.6) is 5.75 Å². The van der Waals surface area contributed by atoms with Crippen molar-refractivity contribution in [2.45, 2.75) is 4.90 Å². The Morgan fingerprint density at radius 1 is 0.962 bits per heavy atom. The van der Waals surface area contributed by atoms with Crippen molar-refractivity contribution in [2.24, 2.45) is 5.73 Å². The standard InChI is InChI=1S/C17H18N2O6S/c18-16(20)12-19-26(22,23)15-8-6-13(7-9-15)17(21)25-11-10-24-14-4-2-1-3-5-14/h1-9,19H,10-12H2,(H2,18,20). The number of sulfonamides is 1. The minimum atomic E-state index is -3.87. The largest absolute Gasteiger partial charge is 0.490 e. The molecule has 0 aromatic heterocycles. The van der Waals surface area contributed by atoms with Crippen molar-refractivity contribution >= 4 is 21.9 Å². The van der Waals surface area contributed by atoms with Crippen LogP contribution in [0.25, 0.3) is 0 Å². The summed E-state index contributed by atoms with van der Waals surface area (Å²) in [7, 11) is -3.87. The lowest BCUT2D eigenvalue weighted by Crippen LogP contribution is -2.33. The summed E-state index contributed by atoms with van der Waals surface area (Å²) >= 11 is 0. The molecule has 0 bridgehead atoms. The van der Waals surface area contributed by atoms with Gasteiger partial charge in [-0.05, 0) is 36.4 Å². The molecule has 0 saturated carbocycles. The molecule has 0 aliphatic rings. The number of amides is 1. The minimum Gasteiger partial charge on any atom is -0.490 e. The Balaban J connectivity index is 1.85. The number of primary amides is 1. The molecule has 2 aromatic carbocycles. The Kier molecular flexibility index (Phi) is 6.70. The van der Waals surface area contributed by atoms with Crippen LogP contribution in [0.2, 0.25) is 0 Å². The summed E-state index contributed by atoms with van der Waals surface area (Å²) in [6.07, 6.45) is 0. The highest BCUT2D eigenvalue weighted by molar-refractivity contribution is 7.89. The number of carbonyl (C=O) groups excluding carboxylic acids is 2. The van der Waals surface area contributed by atoms with Gasteiger partial charge >= 0.3 is 5.97 Å².